The monoisotopic (exact) mass is 710 g/mol. The zero-order valence-electron chi connectivity index (χ0n) is 30.5. The highest BCUT2D eigenvalue weighted by atomic mass is 16.5. The van der Waals surface area contributed by atoms with Crippen LogP contribution in [0.15, 0.2) is 48.7 Å². The third kappa shape index (κ3) is 8.71. The predicted molar refractivity (Wildman–Crippen MR) is 195 cm³/mol. The number of H-pyrrole nitrogens is 2. The maximum atomic E-state index is 13.5. The number of hydrogen-bond acceptors (Lipinski definition) is 8. The molecule has 4 amide bonds. The van der Waals surface area contributed by atoms with E-state index in [4.69, 9.17) is 9.72 Å². The summed E-state index contributed by atoms with van der Waals surface area (Å²) < 4.78 is 9.39. The zero-order chi connectivity index (χ0) is 37.5. The molecule has 4 atom stereocenters. The Morgan fingerprint density at radius 3 is 2.13 bits per heavy atom. The van der Waals surface area contributed by atoms with Gasteiger partial charge in [0.15, 0.2) is 0 Å². The van der Waals surface area contributed by atoms with Crippen molar-refractivity contribution >= 4 is 35.0 Å². The average Bonchev–Trinajstić information content (AvgIpc) is 3.91. The number of likely N-dealkylation sites (tertiary alicyclic amines) is 1. The molecule has 3 heterocycles. The summed E-state index contributed by atoms with van der Waals surface area (Å²) in [5.74, 6) is 6.99. The van der Waals surface area contributed by atoms with Gasteiger partial charge in [-0.3, -0.25) is 9.59 Å². The largest absolute Gasteiger partial charge is 0.453 e. The fourth-order valence-electron chi connectivity index (χ4n) is 6.13. The van der Waals surface area contributed by atoms with Gasteiger partial charge in [-0.2, -0.15) is 0 Å². The number of aromatic amines is 2. The predicted octanol–water partition coefficient (Wildman–Crippen LogP) is 4.95. The van der Waals surface area contributed by atoms with Crippen molar-refractivity contribution in [1.29, 1.82) is 0 Å². The third-order valence-corrected chi connectivity index (χ3v) is 9.06. The molecule has 1 fully saturated rings. The quantitative estimate of drug-likeness (QED) is 0.143. The molecule has 2 aromatic heterocycles. The number of alkyl carbamates (subject to hydrolysis) is 2. The van der Waals surface area contributed by atoms with Crippen LogP contribution in [0.2, 0.25) is 0 Å². The van der Waals surface area contributed by atoms with Gasteiger partial charge < -0.3 is 40.3 Å². The van der Waals surface area contributed by atoms with Crippen LogP contribution in [-0.4, -0.2) is 81.7 Å². The number of rotatable bonds is 10. The van der Waals surface area contributed by atoms with Crippen molar-refractivity contribution in [2.24, 2.45) is 11.8 Å². The van der Waals surface area contributed by atoms with Gasteiger partial charge in [0.1, 0.15) is 23.7 Å². The van der Waals surface area contributed by atoms with Crippen LogP contribution in [0, 0.1) is 23.7 Å². The van der Waals surface area contributed by atoms with E-state index in [-0.39, 0.29) is 29.7 Å². The molecule has 2 aromatic carbocycles. The number of nitrogens with one attached hydrogen (secondary N) is 5. The Labute approximate surface area is 302 Å². The van der Waals surface area contributed by atoms with E-state index in [0.717, 1.165) is 46.3 Å². The Hall–Kier alpha value is -5.84. The molecule has 14 nitrogen and oxygen atoms in total. The summed E-state index contributed by atoms with van der Waals surface area (Å²) in [6, 6.07) is 11.4. The number of fused-ring (bicyclic) bond motifs is 1. The van der Waals surface area contributed by atoms with Gasteiger partial charge in [-0.25, -0.2) is 19.6 Å². The molecule has 0 saturated carbocycles. The Balaban J connectivity index is 1.24. The highest BCUT2D eigenvalue weighted by Gasteiger charge is 2.37. The van der Waals surface area contributed by atoms with Gasteiger partial charge in [0, 0.05) is 17.7 Å². The van der Waals surface area contributed by atoms with Gasteiger partial charge in [0.2, 0.25) is 11.8 Å². The first-order valence-electron chi connectivity index (χ1n) is 17.3. The van der Waals surface area contributed by atoms with E-state index < -0.39 is 30.3 Å². The molecule has 1 saturated heterocycles. The fourth-order valence-corrected chi connectivity index (χ4v) is 6.13. The van der Waals surface area contributed by atoms with E-state index in [1.165, 1.54) is 14.2 Å². The first kappa shape index (κ1) is 37.4. The summed E-state index contributed by atoms with van der Waals surface area (Å²) in [5.41, 5.74) is 4.93. The van der Waals surface area contributed by atoms with Gasteiger partial charge in [0.25, 0.3) is 0 Å². The Morgan fingerprint density at radius 2 is 1.48 bits per heavy atom. The molecule has 14 heteroatoms. The third-order valence-electron chi connectivity index (χ3n) is 9.06. The number of carbonyl (C=O) groups is 4. The Bertz CT molecular complexity index is 1970. The molecule has 0 spiro atoms. The Kier molecular flexibility index (Phi) is 11.8. The van der Waals surface area contributed by atoms with E-state index in [0.29, 0.717) is 18.2 Å². The molecule has 1 aliphatic heterocycles. The van der Waals surface area contributed by atoms with Crippen molar-refractivity contribution in [1.82, 2.24) is 40.8 Å². The summed E-state index contributed by atoms with van der Waals surface area (Å²) in [4.78, 5) is 67.7. The number of imidazole rings is 2. The zero-order valence-corrected chi connectivity index (χ0v) is 30.5. The summed E-state index contributed by atoms with van der Waals surface area (Å²) in [6.07, 6.45) is 2.01. The first-order chi connectivity index (χ1) is 24.9. The van der Waals surface area contributed by atoms with Gasteiger partial charge in [-0.05, 0) is 67.5 Å². The lowest BCUT2D eigenvalue weighted by Gasteiger charge is -2.29. The maximum Gasteiger partial charge on any atom is 0.407 e. The van der Waals surface area contributed by atoms with E-state index in [2.05, 4.69) is 47.5 Å². The van der Waals surface area contributed by atoms with Gasteiger partial charge in [0.05, 0.1) is 49.2 Å². The number of methoxy groups -OCH3 is 2. The number of nitrogens with zero attached hydrogens (tertiary/aromatic N) is 3. The highest BCUT2D eigenvalue weighted by Crippen LogP contribution is 2.33. The minimum absolute atomic E-state index is 0.114. The molecule has 5 rings (SSSR count). The topological polar surface area (TPSA) is 183 Å². The number of aromatic nitrogens is 4. The van der Waals surface area contributed by atoms with Crippen LogP contribution in [0.1, 0.15) is 82.3 Å². The minimum Gasteiger partial charge on any atom is -0.453 e. The smallest absolute Gasteiger partial charge is 0.407 e. The number of amides is 4. The van der Waals surface area contributed by atoms with Crippen LogP contribution in [0.25, 0.3) is 22.3 Å². The lowest BCUT2D eigenvalue weighted by Crippen LogP contribution is -2.51. The Morgan fingerprint density at radius 1 is 0.846 bits per heavy atom. The second kappa shape index (κ2) is 16.5. The van der Waals surface area contributed by atoms with E-state index in [9.17, 15) is 19.2 Å². The molecule has 274 valence electrons. The van der Waals surface area contributed by atoms with Crippen molar-refractivity contribution in [3.05, 3.63) is 71.4 Å². The molecule has 0 bridgehead atoms. The molecule has 0 unspecified atom stereocenters. The number of carbonyl (C=O) groups excluding carboxylic acids is 4. The summed E-state index contributed by atoms with van der Waals surface area (Å²) in [7, 11) is 2.53. The molecule has 52 heavy (non-hydrogen) atoms. The molecular weight excluding hydrogens is 664 g/mol. The second-order valence-electron chi connectivity index (χ2n) is 13.5. The van der Waals surface area contributed by atoms with Crippen LogP contribution in [0.5, 0.6) is 0 Å². The van der Waals surface area contributed by atoms with Crippen LogP contribution >= 0.6 is 0 Å². The highest BCUT2D eigenvalue weighted by molar-refractivity contribution is 5.87. The normalized spacial score (nSPS) is 15.8. The second-order valence-corrected chi connectivity index (χ2v) is 13.5. The number of ether oxygens (including phenoxy) is 2. The van der Waals surface area contributed by atoms with Gasteiger partial charge in [-0.15, -0.1) is 0 Å². The van der Waals surface area contributed by atoms with Crippen LogP contribution in [0.3, 0.4) is 0 Å². The van der Waals surface area contributed by atoms with Crippen molar-refractivity contribution in [2.75, 3.05) is 20.8 Å². The van der Waals surface area contributed by atoms with Gasteiger partial charge in [-0.1, -0.05) is 51.7 Å². The van der Waals surface area contributed by atoms with E-state index in [1.807, 2.05) is 77.1 Å². The summed E-state index contributed by atoms with van der Waals surface area (Å²) in [5, 5.41) is 8.15. The minimum atomic E-state index is -0.751. The van der Waals surface area contributed by atoms with Gasteiger partial charge >= 0.3 is 12.2 Å². The van der Waals surface area contributed by atoms with E-state index in [1.54, 1.807) is 11.1 Å². The van der Waals surface area contributed by atoms with Crippen LogP contribution in [-0.2, 0) is 19.1 Å². The van der Waals surface area contributed by atoms with Crippen molar-refractivity contribution in [2.45, 2.75) is 71.6 Å². The lowest BCUT2D eigenvalue weighted by molar-refractivity contribution is -0.135. The van der Waals surface area contributed by atoms with Crippen LogP contribution in [0.4, 0.5) is 9.59 Å². The molecule has 5 N–H and O–H groups in total. The molecule has 1 aliphatic rings. The number of benzene rings is 2. The van der Waals surface area contributed by atoms with E-state index >= 15 is 0 Å². The van der Waals surface area contributed by atoms with Crippen molar-refractivity contribution < 1.29 is 28.7 Å². The summed E-state index contributed by atoms with van der Waals surface area (Å²) >= 11 is 0. The standard InChI is InChI=1S/C38H46N8O6/c1-21(2)31(44-37(49)51-6)35(47)40-23(5)33-39-20-29(43-33)26-15-12-24(13-16-26)10-11-25-14-17-27-28(19-25)42-34(41-27)30-9-8-18-46(30)36(48)32(22(3)4)45-38(50)52-7/h12-17,19-23,30-32H,8-9,18H2,1-7H3,(H,39,43)(H,40,47)(H,41,42)(H,44,49)(H,45,50)/t23-,30-,31-,32-/m0/s1. The fraction of sp³-hybridized carbons (Fsp3) is 0.421. The molecule has 0 radical (unpaired) electrons. The van der Waals surface area contributed by atoms with Crippen LogP contribution < -0.4 is 16.0 Å². The molecule has 4 aromatic rings. The molecular formula is C38H46N8O6. The maximum absolute atomic E-state index is 13.5. The SMILES string of the molecule is COC(=O)N[C@H](C(=O)N[C@@H](C)c1ncc(-c2ccc(C#Cc3ccc4nc([C@@H]5CCCN5C(=O)[C@@H](NC(=O)OC)C(C)C)[nH]c4c3)cc2)[nH]1)C(C)C. The molecule has 0 aliphatic carbocycles. The van der Waals surface area contributed by atoms with Crippen molar-refractivity contribution in [3.8, 4) is 23.1 Å². The first-order valence-corrected chi connectivity index (χ1v) is 17.3. The van der Waals surface area contributed by atoms with Crippen molar-refractivity contribution in [3.63, 3.8) is 0 Å². The average molecular weight is 711 g/mol. The summed E-state index contributed by atoms with van der Waals surface area (Å²) in [6.45, 7) is 9.85. The lowest BCUT2D eigenvalue weighted by atomic mass is 10.0. The number of hydrogen-bond donors (Lipinski definition) is 5.